The average Bonchev–Trinajstić information content (AvgIpc) is 2.79. The van der Waals surface area contributed by atoms with Crippen molar-refractivity contribution in [2.75, 3.05) is 11.9 Å². The molecule has 19 heavy (non-hydrogen) atoms. The number of urea groups is 1. The van der Waals surface area contributed by atoms with Crippen LogP contribution in [-0.4, -0.2) is 23.3 Å². The Kier molecular flexibility index (Phi) is 4.47. The number of carbonyl (C=O) groups is 1. The SMILES string of the molecule is Cc1ccc(Br)c(NC(=O)NCC2(O)CCCC2)c1. The van der Waals surface area contributed by atoms with Gasteiger partial charge in [-0.15, -0.1) is 0 Å². The largest absolute Gasteiger partial charge is 0.388 e. The van der Waals surface area contributed by atoms with Crippen molar-refractivity contribution in [2.24, 2.45) is 0 Å². The van der Waals surface area contributed by atoms with Crippen LogP contribution in [0.15, 0.2) is 22.7 Å². The van der Waals surface area contributed by atoms with E-state index >= 15 is 0 Å². The molecule has 0 saturated heterocycles. The van der Waals surface area contributed by atoms with Crippen molar-refractivity contribution in [1.29, 1.82) is 0 Å². The number of aliphatic hydroxyl groups is 1. The molecule has 104 valence electrons. The number of aryl methyl sites for hydroxylation is 1. The van der Waals surface area contributed by atoms with Gasteiger partial charge < -0.3 is 15.7 Å². The van der Waals surface area contributed by atoms with Crippen molar-refractivity contribution < 1.29 is 9.90 Å². The maximum atomic E-state index is 11.8. The molecule has 0 spiro atoms. The lowest BCUT2D eigenvalue weighted by molar-refractivity contribution is 0.0506. The van der Waals surface area contributed by atoms with Gasteiger partial charge in [0.25, 0.3) is 0 Å². The van der Waals surface area contributed by atoms with Crippen molar-refractivity contribution >= 4 is 27.6 Å². The second-order valence-electron chi connectivity index (χ2n) is 5.22. The molecule has 3 N–H and O–H groups in total. The molecule has 1 aliphatic carbocycles. The zero-order chi connectivity index (χ0) is 13.9. The van der Waals surface area contributed by atoms with Crippen LogP contribution in [0.25, 0.3) is 0 Å². The van der Waals surface area contributed by atoms with E-state index in [1.165, 1.54) is 0 Å². The smallest absolute Gasteiger partial charge is 0.319 e. The Labute approximate surface area is 121 Å². The summed E-state index contributed by atoms with van der Waals surface area (Å²) < 4.78 is 0.841. The summed E-state index contributed by atoms with van der Waals surface area (Å²) in [6, 6.07) is 5.48. The van der Waals surface area contributed by atoms with E-state index in [0.717, 1.165) is 41.4 Å². The molecule has 1 aliphatic rings. The molecular formula is C14H19BrN2O2. The fourth-order valence-corrected chi connectivity index (χ4v) is 2.70. The van der Waals surface area contributed by atoms with Crippen molar-refractivity contribution in [3.63, 3.8) is 0 Å². The lowest BCUT2D eigenvalue weighted by Crippen LogP contribution is -2.42. The first-order valence-corrected chi connectivity index (χ1v) is 7.31. The first-order valence-electron chi connectivity index (χ1n) is 6.52. The van der Waals surface area contributed by atoms with Crippen LogP contribution in [0.2, 0.25) is 0 Å². The average molecular weight is 327 g/mol. The van der Waals surface area contributed by atoms with Gasteiger partial charge in [-0.05, 0) is 53.4 Å². The summed E-state index contributed by atoms with van der Waals surface area (Å²) in [5, 5.41) is 15.7. The lowest BCUT2D eigenvalue weighted by atomic mass is 10.0. The summed E-state index contributed by atoms with van der Waals surface area (Å²) in [4.78, 5) is 11.8. The molecule has 1 aromatic carbocycles. The lowest BCUT2D eigenvalue weighted by Gasteiger charge is -2.22. The second-order valence-corrected chi connectivity index (χ2v) is 6.08. The monoisotopic (exact) mass is 326 g/mol. The number of hydrogen-bond acceptors (Lipinski definition) is 2. The van der Waals surface area contributed by atoms with Crippen LogP contribution in [-0.2, 0) is 0 Å². The number of rotatable bonds is 3. The molecule has 0 atom stereocenters. The van der Waals surface area contributed by atoms with Crippen molar-refractivity contribution in [1.82, 2.24) is 5.32 Å². The highest BCUT2D eigenvalue weighted by atomic mass is 79.9. The minimum absolute atomic E-state index is 0.286. The molecule has 1 aromatic rings. The van der Waals surface area contributed by atoms with E-state index in [0.29, 0.717) is 6.54 Å². The third-order valence-corrected chi connectivity index (χ3v) is 4.17. The van der Waals surface area contributed by atoms with E-state index in [9.17, 15) is 9.90 Å². The fraction of sp³-hybridized carbons (Fsp3) is 0.500. The highest BCUT2D eigenvalue weighted by molar-refractivity contribution is 9.10. The Morgan fingerprint density at radius 2 is 2.11 bits per heavy atom. The van der Waals surface area contributed by atoms with Crippen LogP contribution in [0.1, 0.15) is 31.2 Å². The molecular weight excluding hydrogens is 308 g/mol. The molecule has 0 aliphatic heterocycles. The molecule has 0 unspecified atom stereocenters. The number of anilines is 1. The van der Waals surface area contributed by atoms with Gasteiger partial charge in [0.15, 0.2) is 0 Å². The van der Waals surface area contributed by atoms with Gasteiger partial charge in [0.1, 0.15) is 0 Å². The summed E-state index contributed by atoms with van der Waals surface area (Å²) in [5.41, 5.74) is 1.09. The van der Waals surface area contributed by atoms with E-state index in [-0.39, 0.29) is 6.03 Å². The molecule has 4 nitrogen and oxygen atoms in total. The maximum Gasteiger partial charge on any atom is 0.319 e. The van der Waals surface area contributed by atoms with Gasteiger partial charge in [0, 0.05) is 11.0 Å². The normalized spacial score (nSPS) is 17.2. The fourth-order valence-electron chi connectivity index (χ4n) is 2.36. The first kappa shape index (κ1) is 14.3. The zero-order valence-electron chi connectivity index (χ0n) is 11.0. The van der Waals surface area contributed by atoms with E-state index in [1.54, 1.807) is 0 Å². The number of halogens is 1. The van der Waals surface area contributed by atoms with E-state index in [4.69, 9.17) is 0 Å². The first-order chi connectivity index (χ1) is 8.98. The van der Waals surface area contributed by atoms with Crippen LogP contribution < -0.4 is 10.6 Å². The molecule has 1 fully saturated rings. The quantitative estimate of drug-likeness (QED) is 0.798. The van der Waals surface area contributed by atoms with Crippen LogP contribution in [0.3, 0.4) is 0 Å². The van der Waals surface area contributed by atoms with Gasteiger partial charge in [-0.1, -0.05) is 18.9 Å². The number of carbonyl (C=O) groups excluding carboxylic acids is 1. The van der Waals surface area contributed by atoms with Gasteiger partial charge >= 0.3 is 6.03 Å². The topological polar surface area (TPSA) is 61.4 Å². The minimum Gasteiger partial charge on any atom is -0.388 e. The summed E-state index contributed by atoms with van der Waals surface area (Å²) in [6.45, 7) is 2.28. The van der Waals surface area contributed by atoms with Crippen LogP contribution in [0.4, 0.5) is 10.5 Å². The number of nitrogens with one attached hydrogen (secondary N) is 2. The number of amides is 2. The van der Waals surface area contributed by atoms with Crippen molar-refractivity contribution in [3.8, 4) is 0 Å². The van der Waals surface area contributed by atoms with Gasteiger partial charge in [-0.2, -0.15) is 0 Å². The highest BCUT2D eigenvalue weighted by Crippen LogP contribution is 2.28. The third kappa shape index (κ3) is 3.94. The Balaban J connectivity index is 1.89. The summed E-state index contributed by atoms with van der Waals surface area (Å²) in [6.07, 6.45) is 3.59. The number of benzene rings is 1. The molecule has 1 saturated carbocycles. The Hall–Kier alpha value is -1.07. The molecule has 2 rings (SSSR count). The molecule has 0 heterocycles. The van der Waals surface area contributed by atoms with E-state index < -0.39 is 5.60 Å². The predicted molar refractivity (Wildman–Crippen MR) is 79.3 cm³/mol. The van der Waals surface area contributed by atoms with Crippen molar-refractivity contribution in [2.45, 2.75) is 38.2 Å². The summed E-state index contributed by atoms with van der Waals surface area (Å²) in [7, 11) is 0. The maximum absolute atomic E-state index is 11.8. The molecule has 0 bridgehead atoms. The summed E-state index contributed by atoms with van der Waals surface area (Å²) >= 11 is 3.39. The minimum atomic E-state index is -0.721. The molecule has 5 heteroatoms. The standard InChI is InChI=1S/C14H19BrN2O2/c1-10-4-5-11(15)12(8-10)17-13(18)16-9-14(19)6-2-3-7-14/h4-5,8,19H,2-3,6-7,9H2,1H3,(H2,16,17,18). The van der Waals surface area contributed by atoms with Gasteiger partial charge in [-0.25, -0.2) is 4.79 Å². The van der Waals surface area contributed by atoms with Gasteiger partial charge in [0.05, 0.1) is 11.3 Å². The van der Waals surface area contributed by atoms with E-state index in [1.807, 2.05) is 25.1 Å². The van der Waals surface area contributed by atoms with Crippen LogP contribution >= 0.6 is 15.9 Å². The second kappa shape index (κ2) is 5.92. The van der Waals surface area contributed by atoms with Gasteiger partial charge in [-0.3, -0.25) is 0 Å². The third-order valence-electron chi connectivity index (χ3n) is 3.48. The number of hydrogen-bond donors (Lipinski definition) is 3. The predicted octanol–water partition coefficient (Wildman–Crippen LogP) is 3.18. The van der Waals surface area contributed by atoms with E-state index in [2.05, 4.69) is 26.6 Å². The van der Waals surface area contributed by atoms with Gasteiger partial charge in [0.2, 0.25) is 0 Å². The molecule has 0 radical (unpaired) electrons. The Morgan fingerprint density at radius 3 is 2.79 bits per heavy atom. The Morgan fingerprint density at radius 1 is 1.42 bits per heavy atom. The molecule has 2 amide bonds. The van der Waals surface area contributed by atoms with Crippen LogP contribution in [0.5, 0.6) is 0 Å². The molecule has 0 aromatic heterocycles. The summed E-state index contributed by atoms with van der Waals surface area (Å²) in [5.74, 6) is 0. The van der Waals surface area contributed by atoms with Crippen molar-refractivity contribution in [3.05, 3.63) is 28.2 Å². The van der Waals surface area contributed by atoms with Crippen LogP contribution in [0, 0.1) is 6.92 Å². The zero-order valence-corrected chi connectivity index (χ0v) is 12.6. The highest BCUT2D eigenvalue weighted by Gasteiger charge is 2.31. The Bertz CT molecular complexity index is 471.